The van der Waals surface area contributed by atoms with Gasteiger partial charge in [0.15, 0.2) is 0 Å². The number of anilines is 1. The molecule has 1 aliphatic heterocycles. The van der Waals surface area contributed by atoms with Crippen LogP contribution in [0.1, 0.15) is 0 Å². The maximum absolute atomic E-state index is 12.0. The first kappa shape index (κ1) is 17.3. The Morgan fingerprint density at radius 1 is 1.29 bits per heavy atom. The Hall–Kier alpha value is -0.0200. The number of sulfonamides is 1. The van der Waals surface area contributed by atoms with E-state index in [1.807, 2.05) is 47.8 Å². The second-order valence-corrected chi connectivity index (χ2v) is 10.3. The van der Waals surface area contributed by atoms with E-state index in [1.54, 1.807) is 0 Å². The Labute approximate surface area is 139 Å². The van der Waals surface area contributed by atoms with E-state index in [0.717, 1.165) is 22.1 Å². The minimum Gasteiger partial charge on any atom is -0.399 e. The Morgan fingerprint density at radius 2 is 2.05 bits per heavy atom. The first-order valence-electron chi connectivity index (χ1n) is 6.70. The fourth-order valence-electron chi connectivity index (χ4n) is 1.78. The molecule has 4 nitrogen and oxygen atoms in total. The summed E-state index contributed by atoms with van der Waals surface area (Å²) >= 11 is 5.29. The molecule has 1 fully saturated rings. The molecule has 1 aliphatic rings. The molecule has 0 saturated carbocycles. The van der Waals surface area contributed by atoms with Crippen molar-refractivity contribution < 1.29 is 8.42 Å². The zero-order valence-corrected chi connectivity index (χ0v) is 14.9. The zero-order valence-electron chi connectivity index (χ0n) is 11.7. The molecule has 1 saturated heterocycles. The average molecular weight is 365 g/mol. The number of thioether (sulfide) groups is 3. The van der Waals surface area contributed by atoms with Gasteiger partial charge in [-0.1, -0.05) is 0 Å². The lowest BCUT2D eigenvalue weighted by Gasteiger charge is -2.21. The minimum atomic E-state index is -3.18. The Balaban J connectivity index is 1.69. The second-order valence-electron chi connectivity index (χ2n) is 4.65. The summed E-state index contributed by atoms with van der Waals surface area (Å²) in [5.74, 6) is 4.02. The van der Waals surface area contributed by atoms with Gasteiger partial charge in [-0.15, -0.1) is 11.8 Å². The summed E-state index contributed by atoms with van der Waals surface area (Å²) in [6.07, 6.45) is 0. The number of nitrogens with one attached hydrogen (secondary N) is 1. The van der Waals surface area contributed by atoms with Crippen LogP contribution in [-0.2, 0) is 10.0 Å². The monoisotopic (exact) mass is 364 g/mol. The van der Waals surface area contributed by atoms with Crippen molar-refractivity contribution in [1.29, 1.82) is 0 Å². The van der Waals surface area contributed by atoms with Gasteiger partial charge in [-0.05, 0) is 24.3 Å². The highest BCUT2D eigenvalue weighted by Gasteiger charge is 2.17. The topological polar surface area (TPSA) is 72.2 Å². The largest absolute Gasteiger partial charge is 0.399 e. The van der Waals surface area contributed by atoms with Gasteiger partial charge in [0, 0.05) is 45.4 Å². The first-order valence-corrected chi connectivity index (χ1v) is 11.5. The molecule has 0 aliphatic carbocycles. The van der Waals surface area contributed by atoms with Crippen LogP contribution in [0.3, 0.4) is 0 Å². The Kier molecular flexibility index (Phi) is 7.07. The lowest BCUT2D eigenvalue weighted by atomic mass is 10.3. The van der Waals surface area contributed by atoms with Gasteiger partial charge in [0.25, 0.3) is 0 Å². The van der Waals surface area contributed by atoms with Gasteiger partial charge < -0.3 is 5.73 Å². The molecule has 2 rings (SSSR count). The van der Waals surface area contributed by atoms with Crippen LogP contribution < -0.4 is 10.5 Å². The van der Waals surface area contributed by atoms with Gasteiger partial charge in [0.2, 0.25) is 10.0 Å². The first-order chi connectivity index (χ1) is 10.1. The summed E-state index contributed by atoms with van der Waals surface area (Å²) in [7, 11) is -3.18. The van der Waals surface area contributed by atoms with Crippen molar-refractivity contribution in [3.05, 3.63) is 24.3 Å². The molecule has 1 aromatic rings. The van der Waals surface area contributed by atoms with Crippen molar-refractivity contribution in [2.24, 2.45) is 0 Å². The SMILES string of the molecule is Nc1ccc(SCCS(=O)(=O)NCC2CSCCS2)cc1. The molecule has 1 atom stereocenters. The summed E-state index contributed by atoms with van der Waals surface area (Å²) in [4.78, 5) is 1.04. The summed E-state index contributed by atoms with van der Waals surface area (Å²) in [5.41, 5.74) is 6.34. The Morgan fingerprint density at radius 3 is 2.71 bits per heavy atom. The van der Waals surface area contributed by atoms with E-state index in [9.17, 15) is 8.42 Å². The van der Waals surface area contributed by atoms with Crippen LogP contribution in [0.25, 0.3) is 0 Å². The van der Waals surface area contributed by atoms with Crippen LogP contribution in [0, 0.1) is 0 Å². The molecule has 0 spiro atoms. The summed E-state index contributed by atoms with van der Waals surface area (Å²) in [6, 6.07) is 7.48. The highest BCUT2D eigenvalue weighted by atomic mass is 32.2. The smallest absolute Gasteiger partial charge is 0.212 e. The Bertz CT molecular complexity index is 528. The highest BCUT2D eigenvalue weighted by molar-refractivity contribution is 8.06. The maximum atomic E-state index is 12.0. The van der Waals surface area contributed by atoms with Crippen molar-refractivity contribution in [1.82, 2.24) is 4.72 Å². The fourth-order valence-corrected chi connectivity index (χ4v) is 6.87. The molecule has 8 heteroatoms. The van der Waals surface area contributed by atoms with E-state index in [4.69, 9.17) is 5.73 Å². The van der Waals surface area contributed by atoms with Crippen LogP contribution in [0.5, 0.6) is 0 Å². The summed E-state index contributed by atoms with van der Waals surface area (Å²) in [5, 5.41) is 0.406. The van der Waals surface area contributed by atoms with E-state index in [1.165, 1.54) is 17.5 Å². The number of benzene rings is 1. The van der Waals surface area contributed by atoms with Crippen molar-refractivity contribution in [3.8, 4) is 0 Å². The van der Waals surface area contributed by atoms with E-state index >= 15 is 0 Å². The van der Waals surface area contributed by atoms with Gasteiger partial charge in [0.05, 0.1) is 5.75 Å². The van der Waals surface area contributed by atoms with E-state index < -0.39 is 10.0 Å². The quantitative estimate of drug-likeness (QED) is 0.570. The van der Waals surface area contributed by atoms with Crippen molar-refractivity contribution in [3.63, 3.8) is 0 Å². The summed E-state index contributed by atoms with van der Waals surface area (Å²) in [6.45, 7) is 0.548. The molecule has 1 unspecified atom stereocenters. The lowest BCUT2D eigenvalue weighted by Crippen LogP contribution is -2.35. The highest BCUT2D eigenvalue weighted by Crippen LogP contribution is 2.23. The predicted octanol–water partition coefficient (Wildman–Crippen LogP) is 2.13. The maximum Gasteiger partial charge on any atom is 0.212 e. The standard InChI is InChI=1S/C13H20N2O2S4/c14-11-1-3-12(4-2-11)20-7-8-21(16,17)15-9-13-10-18-5-6-19-13/h1-4,13,15H,5-10,14H2. The molecule has 1 heterocycles. The molecule has 3 N–H and O–H groups in total. The lowest BCUT2D eigenvalue weighted by molar-refractivity contribution is 0.583. The van der Waals surface area contributed by atoms with E-state index in [-0.39, 0.29) is 5.75 Å². The third-order valence-electron chi connectivity index (χ3n) is 2.92. The minimum absolute atomic E-state index is 0.145. The molecule has 1 aromatic carbocycles. The van der Waals surface area contributed by atoms with E-state index in [0.29, 0.717) is 17.5 Å². The molecule has 0 amide bonds. The van der Waals surface area contributed by atoms with Crippen LogP contribution in [0.2, 0.25) is 0 Å². The van der Waals surface area contributed by atoms with Gasteiger partial charge in [-0.25, -0.2) is 13.1 Å². The normalized spacial score (nSPS) is 19.5. The zero-order chi connectivity index (χ0) is 15.1. The van der Waals surface area contributed by atoms with Crippen LogP contribution in [0.4, 0.5) is 5.69 Å². The third kappa shape index (κ3) is 6.73. The molecule has 21 heavy (non-hydrogen) atoms. The molecule has 0 aromatic heterocycles. The number of hydrogen-bond donors (Lipinski definition) is 2. The predicted molar refractivity (Wildman–Crippen MR) is 96.9 cm³/mol. The van der Waals surface area contributed by atoms with Gasteiger partial charge in [0.1, 0.15) is 0 Å². The van der Waals surface area contributed by atoms with Gasteiger partial charge in [-0.2, -0.15) is 23.5 Å². The van der Waals surface area contributed by atoms with Gasteiger partial charge in [-0.3, -0.25) is 0 Å². The van der Waals surface area contributed by atoms with Crippen LogP contribution >= 0.6 is 35.3 Å². The number of hydrogen-bond acceptors (Lipinski definition) is 6. The molecule has 118 valence electrons. The molecular weight excluding hydrogens is 344 g/mol. The van der Waals surface area contributed by atoms with E-state index in [2.05, 4.69) is 4.72 Å². The molecular formula is C13H20N2O2S4. The van der Waals surface area contributed by atoms with Crippen LogP contribution in [-0.4, -0.2) is 49.0 Å². The number of nitrogen functional groups attached to an aromatic ring is 1. The second kappa shape index (κ2) is 8.57. The molecule has 0 bridgehead atoms. The van der Waals surface area contributed by atoms with Crippen molar-refractivity contribution in [2.45, 2.75) is 10.1 Å². The van der Waals surface area contributed by atoms with Crippen molar-refractivity contribution in [2.75, 3.05) is 41.0 Å². The van der Waals surface area contributed by atoms with Gasteiger partial charge >= 0.3 is 0 Å². The van der Waals surface area contributed by atoms with Crippen molar-refractivity contribution >= 4 is 51.0 Å². The molecule has 0 radical (unpaired) electrons. The van der Waals surface area contributed by atoms with Crippen LogP contribution in [0.15, 0.2) is 29.2 Å². The average Bonchev–Trinajstić information content (AvgIpc) is 2.48. The fraction of sp³-hybridized carbons (Fsp3) is 0.538. The summed E-state index contributed by atoms with van der Waals surface area (Å²) < 4.78 is 26.6. The number of rotatable bonds is 7. The number of nitrogens with two attached hydrogens (primary N) is 1. The third-order valence-corrected chi connectivity index (χ3v) is 8.38.